The molecule has 28 heavy (non-hydrogen) atoms. The van der Waals surface area contributed by atoms with E-state index in [1.165, 1.54) is 46.6 Å². The SMILES string of the molecule is COc1cc(OC)c(OC)cc1CNC(=O)c1ccc(OC(F)F)c(OC)c1. The molecule has 152 valence electrons. The molecule has 0 fully saturated rings. The molecule has 2 aromatic carbocycles. The molecule has 0 aliphatic carbocycles. The van der Waals surface area contributed by atoms with Crippen molar-refractivity contribution in [2.45, 2.75) is 13.2 Å². The van der Waals surface area contributed by atoms with E-state index in [9.17, 15) is 13.6 Å². The lowest BCUT2D eigenvalue weighted by atomic mass is 10.1. The third-order valence-electron chi connectivity index (χ3n) is 3.87. The number of ether oxygens (including phenoxy) is 5. The number of nitrogens with one attached hydrogen (secondary N) is 1. The molecule has 1 amide bonds. The minimum atomic E-state index is -2.99. The number of rotatable bonds is 9. The molecule has 2 aromatic rings. The van der Waals surface area contributed by atoms with E-state index in [1.54, 1.807) is 12.1 Å². The van der Waals surface area contributed by atoms with Crippen LogP contribution >= 0.6 is 0 Å². The molecule has 0 bridgehead atoms. The first-order chi connectivity index (χ1) is 13.4. The molecule has 0 aliphatic heterocycles. The number of benzene rings is 2. The zero-order chi connectivity index (χ0) is 20.7. The lowest BCUT2D eigenvalue weighted by Gasteiger charge is -2.15. The Morgan fingerprint density at radius 3 is 2.00 bits per heavy atom. The zero-order valence-electron chi connectivity index (χ0n) is 15.9. The smallest absolute Gasteiger partial charge is 0.387 e. The van der Waals surface area contributed by atoms with Gasteiger partial charge in [-0.2, -0.15) is 8.78 Å². The van der Waals surface area contributed by atoms with Gasteiger partial charge in [0.25, 0.3) is 5.91 Å². The Hall–Kier alpha value is -3.23. The van der Waals surface area contributed by atoms with Crippen LogP contribution in [0.2, 0.25) is 0 Å². The summed E-state index contributed by atoms with van der Waals surface area (Å²) < 4.78 is 50.0. The van der Waals surface area contributed by atoms with Crippen LogP contribution in [0.25, 0.3) is 0 Å². The Balaban J connectivity index is 2.18. The molecule has 0 spiro atoms. The predicted molar refractivity (Wildman–Crippen MR) is 96.9 cm³/mol. The summed E-state index contributed by atoms with van der Waals surface area (Å²) in [6.45, 7) is -2.86. The van der Waals surface area contributed by atoms with Gasteiger partial charge >= 0.3 is 6.61 Å². The molecule has 7 nitrogen and oxygen atoms in total. The van der Waals surface area contributed by atoms with Crippen molar-refractivity contribution in [3.05, 3.63) is 41.5 Å². The second kappa shape index (κ2) is 9.63. The summed E-state index contributed by atoms with van der Waals surface area (Å²) in [5.74, 6) is 0.929. The third-order valence-corrected chi connectivity index (χ3v) is 3.87. The van der Waals surface area contributed by atoms with Crippen LogP contribution in [0.3, 0.4) is 0 Å². The van der Waals surface area contributed by atoms with Gasteiger partial charge in [-0.1, -0.05) is 0 Å². The van der Waals surface area contributed by atoms with Gasteiger partial charge in [-0.3, -0.25) is 4.79 Å². The average Bonchev–Trinajstić information content (AvgIpc) is 2.70. The van der Waals surface area contributed by atoms with Gasteiger partial charge in [-0.05, 0) is 24.3 Å². The Morgan fingerprint density at radius 1 is 0.857 bits per heavy atom. The summed E-state index contributed by atoms with van der Waals surface area (Å²) in [5.41, 5.74) is 0.885. The van der Waals surface area contributed by atoms with Crippen molar-refractivity contribution in [3.8, 4) is 28.7 Å². The maximum absolute atomic E-state index is 12.4. The van der Waals surface area contributed by atoms with Crippen molar-refractivity contribution in [1.82, 2.24) is 5.32 Å². The molecule has 0 saturated heterocycles. The van der Waals surface area contributed by atoms with Crippen molar-refractivity contribution >= 4 is 5.91 Å². The summed E-state index contributed by atoms with van der Waals surface area (Å²) in [6.07, 6.45) is 0. The highest BCUT2D eigenvalue weighted by Gasteiger charge is 2.16. The molecule has 0 aromatic heterocycles. The van der Waals surface area contributed by atoms with Crippen LogP contribution in [0, 0.1) is 0 Å². The van der Waals surface area contributed by atoms with E-state index in [0.717, 1.165) is 0 Å². The number of methoxy groups -OCH3 is 4. The maximum atomic E-state index is 12.4. The fourth-order valence-corrected chi connectivity index (χ4v) is 2.51. The van der Waals surface area contributed by atoms with E-state index in [2.05, 4.69) is 10.1 Å². The van der Waals surface area contributed by atoms with E-state index in [4.69, 9.17) is 18.9 Å². The maximum Gasteiger partial charge on any atom is 0.387 e. The highest BCUT2D eigenvalue weighted by molar-refractivity contribution is 5.94. The zero-order valence-corrected chi connectivity index (χ0v) is 15.9. The number of hydrogen-bond acceptors (Lipinski definition) is 6. The fraction of sp³-hybridized carbons (Fsp3) is 0.316. The van der Waals surface area contributed by atoms with Crippen molar-refractivity contribution in [2.24, 2.45) is 0 Å². The second-order valence-electron chi connectivity index (χ2n) is 5.45. The van der Waals surface area contributed by atoms with Gasteiger partial charge in [0, 0.05) is 23.7 Å². The van der Waals surface area contributed by atoms with E-state index in [0.29, 0.717) is 22.8 Å². The van der Waals surface area contributed by atoms with E-state index in [-0.39, 0.29) is 23.6 Å². The number of halogens is 2. The van der Waals surface area contributed by atoms with Gasteiger partial charge in [0.1, 0.15) is 5.75 Å². The molecule has 0 heterocycles. The molecule has 0 aliphatic rings. The molecule has 9 heteroatoms. The summed E-state index contributed by atoms with van der Waals surface area (Å²) >= 11 is 0. The monoisotopic (exact) mass is 397 g/mol. The van der Waals surface area contributed by atoms with E-state index in [1.807, 2.05) is 0 Å². The van der Waals surface area contributed by atoms with Gasteiger partial charge in [0.05, 0.1) is 28.4 Å². The average molecular weight is 397 g/mol. The first-order valence-corrected chi connectivity index (χ1v) is 8.13. The normalized spacial score (nSPS) is 10.4. The summed E-state index contributed by atoms with van der Waals surface area (Å²) in [5, 5.41) is 2.73. The Morgan fingerprint density at radius 2 is 1.43 bits per heavy atom. The lowest BCUT2D eigenvalue weighted by molar-refractivity contribution is -0.0512. The van der Waals surface area contributed by atoms with Gasteiger partial charge in [0.15, 0.2) is 23.0 Å². The van der Waals surface area contributed by atoms with Crippen LogP contribution < -0.4 is 29.0 Å². The molecular weight excluding hydrogens is 376 g/mol. The molecular formula is C19H21F2NO6. The summed E-state index contributed by atoms with van der Waals surface area (Å²) in [4.78, 5) is 12.4. The van der Waals surface area contributed by atoms with Gasteiger partial charge < -0.3 is 29.0 Å². The number of carbonyl (C=O) groups is 1. The Kier molecular flexibility index (Phi) is 7.25. The second-order valence-corrected chi connectivity index (χ2v) is 5.45. The number of carbonyl (C=O) groups excluding carboxylic acids is 1. The van der Waals surface area contributed by atoms with Crippen LogP contribution in [-0.2, 0) is 6.54 Å². The molecule has 0 atom stereocenters. The van der Waals surface area contributed by atoms with Crippen molar-refractivity contribution < 1.29 is 37.3 Å². The summed E-state index contributed by atoms with van der Waals surface area (Å²) in [6, 6.07) is 7.27. The van der Waals surface area contributed by atoms with Gasteiger partial charge in [-0.25, -0.2) is 0 Å². The number of amides is 1. The van der Waals surface area contributed by atoms with Crippen molar-refractivity contribution in [3.63, 3.8) is 0 Å². The first kappa shape index (κ1) is 21.1. The number of alkyl halides is 2. The quantitative estimate of drug-likeness (QED) is 0.700. The minimum Gasteiger partial charge on any atom is -0.496 e. The standard InChI is InChI=1S/C19H21F2NO6/c1-24-14-9-17(27-4)16(26-3)8-12(14)10-22-18(23)11-5-6-13(28-19(20)21)15(7-11)25-2/h5-9,19H,10H2,1-4H3,(H,22,23). The first-order valence-electron chi connectivity index (χ1n) is 8.13. The largest absolute Gasteiger partial charge is 0.496 e. The van der Waals surface area contributed by atoms with Crippen molar-refractivity contribution in [2.75, 3.05) is 28.4 Å². The van der Waals surface area contributed by atoms with E-state index >= 15 is 0 Å². The molecule has 0 unspecified atom stereocenters. The predicted octanol–water partition coefficient (Wildman–Crippen LogP) is 3.25. The Labute approximate surface area is 161 Å². The topological polar surface area (TPSA) is 75.2 Å². The summed E-state index contributed by atoms with van der Waals surface area (Å²) in [7, 11) is 5.80. The van der Waals surface area contributed by atoms with Crippen LogP contribution in [-0.4, -0.2) is 41.0 Å². The minimum absolute atomic E-state index is 0.0247. The third kappa shape index (κ3) is 4.93. The van der Waals surface area contributed by atoms with Crippen molar-refractivity contribution in [1.29, 1.82) is 0 Å². The van der Waals surface area contributed by atoms with Crippen LogP contribution in [0.1, 0.15) is 15.9 Å². The van der Waals surface area contributed by atoms with Crippen LogP contribution in [0.5, 0.6) is 28.7 Å². The van der Waals surface area contributed by atoms with Gasteiger partial charge in [-0.15, -0.1) is 0 Å². The van der Waals surface area contributed by atoms with Crippen LogP contribution in [0.15, 0.2) is 30.3 Å². The number of hydrogen-bond donors (Lipinski definition) is 1. The van der Waals surface area contributed by atoms with Gasteiger partial charge in [0.2, 0.25) is 0 Å². The Bertz CT molecular complexity index is 828. The fourth-order valence-electron chi connectivity index (χ4n) is 2.51. The lowest BCUT2D eigenvalue weighted by Crippen LogP contribution is -2.23. The molecule has 0 radical (unpaired) electrons. The highest BCUT2D eigenvalue weighted by Crippen LogP contribution is 2.34. The van der Waals surface area contributed by atoms with Crippen LogP contribution in [0.4, 0.5) is 8.78 Å². The van der Waals surface area contributed by atoms with E-state index < -0.39 is 12.5 Å². The molecule has 1 N–H and O–H groups in total. The molecule has 0 saturated carbocycles. The highest BCUT2D eigenvalue weighted by atomic mass is 19.3. The molecule has 2 rings (SSSR count).